The standard InChI is InChI=1S/C30H34N6O4S.CH2O2/c1-5-17-31-27(37)15-14-26-34-28-21(3)19-22(4)33-29(28)36(26)24-10-8-23(9-11-24)16-18-32-30(38)35-41(39,40)25-12-6-20(2)7-13-25;2-1-3/h6-15,19H,5,16-18H2,1-4H3,(H,31,37)(H2,32,35,38);1H,(H,2,3). The zero-order chi connectivity index (χ0) is 32.3. The lowest BCUT2D eigenvalue weighted by molar-refractivity contribution is -0.123. The number of urea groups is 1. The van der Waals surface area contributed by atoms with Crippen molar-refractivity contribution in [2.75, 3.05) is 13.1 Å². The van der Waals surface area contributed by atoms with E-state index in [1.54, 1.807) is 18.2 Å². The number of carbonyl (C=O) groups excluding carboxylic acids is 2. The van der Waals surface area contributed by atoms with Gasteiger partial charge in [0.25, 0.3) is 16.5 Å². The molecule has 2 aromatic heterocycles. The summed E-state index contributed by atoms with van der Waals surface area (Å²) in [7, 11) is -3.95. The van der Waals surface area contributed by atoms with Crippen molar-refractivity contribution in [3.63, 3.8) is 0 Å². The van der Waals surface area contributed by atoms with E-state index < -0.39 is 16.1 Å². The first-order valence-electron chi connectivity index (χ1n) is 13.9. The average molecular weight is 621 g/mol. The molecule has 0 saturated carbocycles. The molecular weight excluding hydrogens is 584 g/mol. The minimum Gasteiger partial charge on any atom is -0.483 e. The second-order valence-corrected chi connectivity index (χ2v) is 11.6. The lowest BCUT2D eigenvalue weighted by Gasteiger charge is -2.10. The fourth-order valence-electron chi connectivity index (χ4n) is 4.27. The summed E-state index contributed by atoms with van der Waals surface area (Å²) in [6, 6.07) is 15.1. The topological polar surface area (TPSA) is 172 Å². The SMILES string of the molecule is CCCNC(=O)C=Cc1nc2c(C)cc(C)nc2n1-c1ccc(CCNC(=O)NS(=O)(=O)c2ccc(C)cc2)cc1.O=CO. The highest BCUT2D eigenvalue weighted by Gasteiger charge is 2.17. The number of hydrogen-bond donors (Lipinski definition) is 4. The van der Waals surface area contributed by atoms with Crippen molar-refractivity contribution in [3.05, 3.63) is 88.9 Å². The third-order valence-corrected chi connectivity index (χ3v) is 7.69. The van der Waals surface area contributed by atoms with Crippen LogP contribution in [0.15, 0.2) is 65.6 Å². The summed E-state index contributed by atoms with van der Waals surface area (Å²) in [5, 5.41) is 12.3. The molecule has 3 amide bonds. The molecule has 44 heavy (non-hydrogen) atoms. The van der Waals surface area contributed by atoms with Crippen LogP contribution in [0.5, 0.6) is 0 Å². The highest BCUT2D eigenvalue weighted by Crippen LogP contribution is 2.24. The number of aromatic nitrogens is 3. The van der Waals surface area contributed by atoms with Gasteiger partial charge in [0, 0.05) is 30.5 Å². The summed E-state index contributed by atoms with van der Waals surface area (Å²) in [6.45, 7) is 8.34. The van der Waals surface area contributed by atoms with Crippen molar-refractivity contribution < 1.29 is 27.9 Å². The summed E-state index contributed by atoms with van der Waals surface area (Å²) in [5.74, 6) is 0.388. The summed E-state index contributed by atoms with van der Waals surface area (Å²) < 4.78 is 28.8. The maximum Gasteiger partial charge on any atom is 0.328 e. The largest absolute Gasteiger partial charge is 0.483 e. The number of amides is 3. The van der Waals surface area contributed by atoms with Gasteiger partial charge in [-0.25, -0.2) is 27.9 Å². The molecule has 0 aliphatic rings. The average Bonchev–Trinajstić information content (AvgIpc) is 3.34. The molecular formula is C31H36N6O6S. The Kier molecular flexibility index (Phi) is 11.7. The molecule has 12 nitrogen and oxygen atoms in total. The lowest BCUT2D eigenvalue weighted by atomic mass is 10.1. The summed E-state index contributed by atoms with van der Waals surface area (Å²) in [5.41, 5.74) is 5.97. The zero-order valence-electron chi connectivity index (χ0n) is 25.0. The van der Waals surface area contributed by atoms with Gasteiger partial charge in [0.15, 0.2) is 5.65 Å². The number of imidazole rings is 1. The van der Waals surface area contributed by atoms with Gasteiger partial charge in [0.05, 0.1) is 4.90 Å². The molecule has 4 aromatic rings. The first kappa shape index (κ1) is 33.5. The van der Waals surface area contributed by atoms with Gasteiger partial charge in [0.2, 0.25) is 5.91 Å². The van der Waals surface area contributed by atoms with Crippen LogP contribution in [-0.2, 0) is 26.0 Å². The Labute approximate surface area is 256 Å². The first-order valence-corrected chi connectivity index (χ1v) is 15.3. The molecule has 0 atom stereocenters. The zero-order valence-corrected chi connectivity index (χ0v) is 25.8. The molecule has 13 heteroatoms. The summed E-state index contributed by atoms with van der Waals surface area (Å²) in [6.07, 6.45) is 4.49. The van der Waals surface area contributed by atoms with Crippen molar-refractivity contribution in [2.24, 2.45) is 0 Å². The molecule has 4 N–H and O–H groups in total. The van der Waals surface area contributed by atoms with Crippen molar-refractivity contribution in [1.82, 2.24) is 29.9 Å². The van der Waals surface area contributed by atoms with Crippen LogP contribution >= 0.6 is 0 Å². The Morgan fingerprint density at radius 2 is 1.61 bits per heavy atom. The number of hydrogen-bond acceptors (Lipinski definition) is 7. The number of carbonyl (C=O) groups is 3. The Balaban J connectivity index is 0.00000169. The van der Waals surface area contributed by atoms with Gasteiger partial charge in [-0.2, -0.15) is 0 Å². The monoisotopic (exact) mass is 620 g/mol. The number of pyridine rings is 1. The first-order chi connectivity index (χ1) is 21.0. The molecule has 0 radical (unpaired) electrons. The van der Waals surface area contributed by atoms with Crippen molar-refractivity contribution in [3.8, 4) is 5.69 Å². The molecule has 4 rings (SSSR count). The molecule has 0 unspecified atom stereocenters. The quantitative estimate of drug-likeness (QED) is 0.153. The highest BCUT2D eigenvalue weighted by atomic mass is 32.2. The van der Waals surface area contributed by atoms with E-state index in [1.807, 2.05) is 67.3 Å². The van der Waals surface area contributed by atoms with Crippen LogP contribution < -0.4 is 15.4 Å². The van der Waals surface area contributed by atoms with Gasteiger partial charge >= 0.3 is 6.03 Å². The molecule has 232 valence electrons. The third-order valence-electron chi connectivity index (χ3n) is 6.35. The van der Waals surface area contributed by atoms with Crippen molar-refractivity contribution in [1.29, 1.82) is 0 Å². The van der Waals surface area contributed by atoms with Crippen LogP contribution in [0.2, 0.25) is 0 Å². The number of sulfonamides is 1. The predicted molar refractivity (Wildman–Crippen MR) is 168 cm³/mol. The molecule has 2 heterocycles. The number of aryl methyl sites for hydroxylation is 3. The Morgan fingerprint density at radius 3 is 2.25 bits per heavy atom. The van der Waals surface area contributed by atoms with E-state index in [0.717, 1.165) is 40.0 Å². The molecule has 0 bridgehead atoms. The van der Waals surface area contributed by atoms with Crippen molar-refractivity contribution in [2.45, 2.75) is 45.4 Å². The molecule has 0 saturated heterocycles. The number of nitrogens with zero attached hydrogens (tertiary/aromatic N) is 3. The predicted octanol–water partition coefficient (Wildman–Crippen LogP) is 3.82. The van der Waals surface area contributed by atoms with E-state index in [1.165, 1.54) is 18.2 Å². The minimum absolute atomic E-state index is 0.0246. The van der Waals surface area contributed by atoms with Crippen LogP contribution in [-0.4, -0.2) is 59.6 Å². The van der Waals surface area contributed by atoms with Gasteiger partial charge in [-0.05, 0) is 81.1 Å². The van der Waals surface area contributed by atoms with Crippen LogP contribution in [0.4, 0.5) is 4.79 Å². The van der Waals surface area contributed by atoms with Gasteiger partial charge in [0.1, 0.15) is 11.3 Å². The number of carboxylic acid groups (broad SMARTS) is 1. The van der Waals surface area contributed by atoms with Crippen LogP contribution in [0, 0.1) is 20.8 Å². The van der Waals surface area contributed by atoms with E-state index in [0.29, 0.717) is 24.4 Å². The number of rotatable bonds is 10. The van der Waals surface area contributed by atoms with Crippen LogP contribution in [0.3, 0.4) is 0 Å². The third kappa shape index (κ3) is 8.98. The van der Waals surface area contributed by atoms with E-state index in [2.05, 4.69) is 10.6 Å². The number of fused-ring (bicyclic) bond motifs is 1. The summed E-state index contributed by atoms with van der Waals surface area (Å²) >= 11 is 0. The van der Waals surface area contributed by atoms with E-state index in [4.69, 9.17) is 19.9 Å². The molecule has 2 aromatic carbocycles. The fraction of sp³-hybridized carbons (Fsp3) is 0.258. The van der Waals surface area contributed by atoms with Gasteiger partial charge in [-0.1, -0.05) is 36.8 Å². The van der Waals surface area contributed by atoms with E-state index >= 15 is 0 Å². The maximum absolute atomic E-state index is 12.4. The van der Waals surface area contributed by atoms with Crippen molar-refractivity contribution >= 4 is 45.7 Å². The smallest absolute Gasteiger partial charge is 0.328 e. The Morgan fingerprint density at radius 1 is 0.955 bits per heavy atom. The van der Waals surface area contributed by atoms with E-state index in [9.17, 15) is 18.0 Å². The van der Waals surface area contributed by atoms with Crippen LogP contribution in [0.25, 0.3) is 22.9 Å². The van der Waals surface area contributed by atoms with Crippen LogP contribution in [0.1, 0.15) is 41.6 Å². The second kappa shape index (κ2) is 15.4. The minimum atomic E-state index is -3.95. The Hall–Kier alpha value is -5.04. The summed E-state index contributed by atoms with van der Waals surface area (Å²) in [4.78, 5) is 42.3. The normalized spacial score (nSPS) is 11.1. The number of nitrogens with one attached hydrogen (secondary N) is 3. The fourth-order valence-corrected chi connectivity index (χ4v) is 5.20. The Bertz CT molecular complexity index is 1750. The highest BCUT2D eigenvalue weighted by molar-refractivity contribution is 7.90. The van der Waals surface area contributed by atoms with Gasteiger partial charge in [-0.15, -0.1) is 0 Å². The maximum atomic E-state index is 12.4. The lowest BCUT2D eigenvalue weighted by Crippen LogP contribution is -2.40. The molecule has 0 aliphatic heterocycles. The molecule has 0 spiro atoms. The molecule has 0 aliphatic carbocycles. The second-order valence-electron chi connectivity index (χ2n) is 9.88. The van der Waals surface area contributed by atoms with E-state index in [-0.39, 0.29) is 23.8 Å². The van der Waals surface area contributed by atoms with Gasteiger partial charge in [-0.3, -0.25) is 14.2 Å². The number of benzene rings is 2. The molecule has 0 fully saturated rings. The van der Waals surface area contributed by atoms with Gasteiger partial charge < -0.3 is 15.7 Å².